The number of hydrogen-bond acceptors (Lipinski definition) is 3. The molecule has 1 N–H and O–H groups in total. The molecule has 0 fully saturated rings. The van der Waals surface area contributed by atoms with Crippen molar-refractivity contribution in [2.24, 2.45) is 0 Å². The van der Waals surface area contributed by atoms with Crippen molar-refractivity contribution in [3.8, 4) is 0 Å². The van der Waals surface area contributed by atoms with E-state index in [0.717, 1.165) is 35.5 Å². The molecule has 1 aliphatic rings. The fourth-order valence-electron chi connectivity index (χ4n) is 2.55. The van der Waals surface area contributed by atoms with Crippen molar-refractivity contribution in [3.63, 3.8) is 0 Å². The smallest absolute Gasteiger partial charge is 0.261 e. The van der Waals surface area contributed by atoms with Crippen molar-refractivity contribution in [2.75, 3.05) is 0 Å². The quantitative estimate of drug-likeness (QED) is 0.906. The third-order valence-electron chi connectivity index (χ3n) is 3.75. The SMILES string of the molecule is Cc1cc(C(=O)NC2CCCc3occc32)sc1C. The molecule has 0 spiro atoms. The van der Waals surface area contributed by atoms with Gasteiger partial charge < -0.3 is 9.73 Å². The molecule has 0 aromatic carbocycles. The maximum absolute atomic E-state index is 12.3. The highest BCUT2D eigenvalue weighted by Crippen LogP contribution is 2.31. The summed E-state index contributed by atoms with van der Waals surface area (Å²) in [6.07, 6.45) is 4.75. The van der Waals surface area contributed by atoms with E-state index in [9.17, 15) is 4.79 Å². The van der Waals surface area contributed by atoms with Crippen LogP contribution in [0.5, 0.6) is 0 Å². The molecule has 2 aromatic rings. The highest BCUT2D eigenvalue weighted by Gasteiger charge is 2.24. The zero-order chi connectivity index (χ0) is 13.4. The summed E-state index contributed by atoms with van der Waals surface area (Å²) < 4.78 is 5.45. The van der Waals surface area contributed by atoms with E-state index < -0.39 is 0 Å². The van der Waals surface area contributed by atoms with Gasteiger partial charge in [-0.05, 0) is 44.4 Å². The van der Waals surface area contributed by atoms with Crippen LogP contribution in [-0.4, -0.2) is 5.91 Å². The lowest BCUT2D eigenvalue weighted by atomic mass is 9.93. The van der Waals surface area contributed by atoms with Crippen LogP contribution in [0.1, 0.15) is 50.3 Å². The van der Waals surface area contributed by atoms with E-state index in [1.807, 2.05) is 26.0 Å². The average molecular weight is 275 g/mol. The van der Waals surface area contributed by atoms with Crippen molar-refractivity contribution in [3.05, 3.63) is 45.0 Å². The summed E-state index contributed by atoms with van der Waals surface area (Å²) in [4.78, 5) is 14.3. The first kappa shape index (κ1) is 12.5. The van der Waals surface area contributed by atoms with E-state index >= 15 is 0 Å². The number of fused-ring (bicyclic) bond motifs is 1. The van der Waals surface area contributed by atoms with Crippen molar-refractivity contribution in [1.29, 1.82) is 0 Å². The molecule has 0 aliphatic heterocycles. The lowest BCUT2D eigenvalue weighted by molar-refractivity contribution is 0.0936. The molecule has 4 heteroatoms. The van der Waals surface area contributed by atoms with Crippen LogP contribution < -0.4 is 5.32 Å². The number of furan rings is 1. The average Bonchev–Trinajstić information content (AvgIpc) is 2.98. The minimum Gasteiger partial charge on any atom is -0.469 e. The third kappa shape index (κ3) is 2.32. The van der Waals surface area contributed by atoms with Crippen molar-refractivity contribution in [2.45, 2.75) is 39.2 Å². The van der Waals surface area contributed by atoms with Crippen LogP contribution in [0.3, 0.4) is 0 Å². The molecule has 3 rings (SSSR count). The van der Waals surface area contributed by atoms with Gasteiger partial charge >= 0.3 is 0 Å². The summed E-state index contributed by atoms with van der Waals surface area (Å²) in [7, 11) is 0. The highest BCUT2D eigenvalue weighted by atomic mass is 32.1. The van der Waals surface area contributed by atoms with Gasteiger partial charge in [-0.25, -0.2) is 0 Å². The van der Waals surface area contributed by atoms with Gasteiger partial charge in [0.25, 0.3) is 5.91 Å². The standard InChI is InChI=1S/C15H17NO2S/c1-9-8-14(19-10(9)2)15(17)16-12-4-3-5-13-11(12)6-7-18-13/h6-8,12H,3-5H2,1-2H3,(H,16,17). The Kier molecular flexibility index (Phi) is 3.19. The van der Waals surface area contributed by atoms with E-state index in [0.29, 0.717) is 0 Å². The topological polar surface area (TPSA) is 42.2 Å². The molecule has 3 nitrogen and oxygen atoms in total. The largest absolute Gasteiger partial charge is 0.469 e. The van der Waals surface area contributed by atoms with Gasteiger partial charge in [0.15, 0.2) is 0 Å². The minimum atomic E-state index is 0.0280. The number of nitrogens with one attached hydrogen (secondary N) is 1. The highest BCUT2D eigenvalue weighted by molar-refractivity contribution is 7.14. The second-order valence-corrected chi connectivity index (χ2v) is 6.32. The van der Waals surface area contributed by atoms with Gasteiger partial charge in [0.1, 0.15) is 5.76 Å². The molecule has 2 aromatic heterocycles. The molecule has 1 unspecified atom stereocenters. The lowest BCUT2D eigenvalue weighted by Gasteiger charge is -2.22. The molecule has 0 radical (unpaired) electrons. The van der Waals surface area contributed by atoms with Crippen LogP contribution in [0.15, 0.2) is 22.8 Å². The zero-order valence-corrected chi connectivity index (χ0v) is 12.0. The second kappa shape index (κ2) is 4.85. The number of carbonyl (C=O) groups is 1. The van der Waals surface area contributed by atoms with Gasteiger partial charge in [0, 0.05) is 16.9 Å². The van der Waals surface area contributed by atoms with Crippen molar-refractivity contribution in [1.82, 2.24) is 5.32 Å². The van der Waals surface area contributed by atoms with E-state index in [2.05, 4.69) is 5.32 Å². The predicted molar refractivity (Wildman–Crippen MR) is 75.6 cm³/mol. The van der Waals surface area contributed by atoms with Crippen LogP contribution in [0, 0.1) is 13.8 Å². The summed E-state index contributed by atoms with van der Waals surface area (Å²) in [5.41, 5.74) is 2.33. The maximum Gasteiger partial charge on any atom is 0.261 e. The van der Waals surface area contributed by atoms with Crippen LogP contribution in [0.4, 0.5) is 0 Å². The zero-order valence-electron chi connectivity index (χ0n) is 11.2. The number of rotatable bonds is 2. The second-order valence-electron chi connectivity index (χ2n) is 5.07. The first-order valence-corrected chi connectivity index (χ1v) is 7.41. The van der Waals surface area contributed by atoms with Crippen LogP contribution in [-0.2, 0) is 6.42 Å². The van der Waals surface area contributed by atoms with E-state index in [4.69, 9.17) is 4.42 Å². The number of thiophene rings is 1. The summed E-state index contributed by atoms with van der Waals surface area (Å²) in [5, 5.41) is 3.13. The van der Waals surface area contributed by atoms with Gasteiger partial charge in [-0.2, -0.15) is 0 Å². The molecule has 100 valence electrons. The van der Waals surface area contributed by atoms with Gasteiger partial charge in [0.05, 0.1) is 17.2 Å². The number of hydrogen-bond donors (Lipinski definition) is 1. The van der Waals surface area contributed by atoms with Crippen LogP contribution in [0.25, 0.3) is 0 Å². The van der Waals surface area contributed by atoms with Crippen LogP contribution in [0.2, 0.25) is 0 Å². The van der Waals surface area contributed by atoms with Gasteiger partial charge in [-0.15, -0.1) is 11.3 Å². The summed E-state index contributed by atoms with van der Waals surface area (Å²) in [6, 6.07) is 4.04. The Labute approximate surface area is 116 Å². The van der Waals surface area contributed by atoms with E-state index in [1.165, 1.54) is 10.4 Å². The monoisotopic (exact) mass is 275 g/mol. The van der Waals surface area contributed by atoms with Crippen molar-refractivity contribution >= 4 is 17.2 Å². The summed E-state index contributed by atoms with van der Waals surface area (Å²) in [6.45, 7) is 4.09. The molecule has 0 saturated carbocycles. The molecule has 0 saturated heterocycles. The molecular weight excluding hydrogens is 258 g/mol. The van der Waals surface area contributed by atoms with Crippen LogP contribution >= 0.6 is 11.3 Å². The van der Waals surface area contributed by atoms with Crippen molar-refractivity contribution < 1.29 is 9.21 Å². The Balaban J connectivity index is 1.78. The molecule has 19 heavy (non-hydrogen) atoms. The Hall–Kier alpha value is -1.55. The maximum atomic E-state index is 12.3. The lowest BCUT2D eigenvalue weighted by Crippen LogP contribution is -2.29. The summed E-state index contributed by atoms with van der Waals surface area (Å²) >= 11 is 1.56. The van der Waals surface area contributed by atoms with E-state index in [1.54, 1.807) is 17.6 Å². The molecule has 1 amide bonds. The normalized spacial score (nSPS) is 18.1. The molecule has 0 bridgehead atoms. The Morgan fingerprint density at radius 3 is 3.05 bits per heavy atom. The molecule has 1 atom stereocenters. The van der Waals surface area contributed by atoms with Gasteiger partial charge in [0.2, 0.25) is 0 Å². The first-order chi connectivity index (χ1) is 9.15. The Morgan fingerprint density at radius 1 is 1.47 bits per heavy atom. The minimum absolute atomic E-state index is 0.0280. The van der Waals surface area contributed by atoms with Gasteiger partial charge in [-0.1, -0.05) is 0 Å². The number of aryl methyl sites for hydroxylation is 3. The Bertz CT molecular complexity index is 592. The van der Waals surface area contributed by atoms with E-state index in [-0.39, 0.29) is 11.9 Å². The number of amides is 1. The Morgan fingerprint density at radius 2 is 2.32 bits per heavy atom. The molecular formula is C15H17NO2S. The fourth-order valence-corrected chi connectivity index (χ4v) is 3.49. The van der Waals surface area contributed by atoms with Gasteiger partial charge in [-0.3, -0.25) is 4.79 Å². The summed E-state index contributed by atoms with van der Waals surface area (Å²) in [5.74, 6) is 1.05. The third-order valence-corrected chi connectivity index (χ3v) is 4.90. The number of carbonyl (C=O) groups excluding carboxylic acids is 1. The predicted octanol–water partition coefficient (Wildman–Crippen LogP) is 3.77. The molecule has 1 aliphatic carbocycles. The fraction of sp³-hybridized carbons (Fsp3) is 0.400. The molecule has 2 heterocycles. The first-order valence-electron chi connectivity index (χ1n) is 6.59.